The average Bonchev–Trinajstić information content (AvgIpc) is 3.05. The highest BCUT2D eigenvalue weighted by molar-refractivity contribution is 5.35. The number of epoxide rings is 1. The van der Waals surface area contributed by atoms with Crippen molar-refractivity contribution in [2.24, 2.45) is 0 Å². The second kappa shape index (κ2) is 3.24. The predicted molar refractivity (Wildman–Crippen MR) is 58.0 cm³/mol. The maximum absolute atomic E-state index is 5.88. The van der Waals surface area contributed by atoms with Crippen LogP contribution in [0.4, 0.5) is 0 Å². The van der Waals surface area contributed by atoms with Gasteiger partial charge >= 0.3 is 0 Å². The lowest BCUT2D eigenvalue weighted by molar-refractivity contribution is 0.289. The van der Waals surface area contributed by atoms with Crippen molar-refractivity contribution in [3.05, 3.63) is 29.8 Å². The van der Waals surface area contributed by atoms with E-state index in [1.54, 1.807) is 7.11 Å². The van der Waals surface area contributed by atoms with Crippen molar-refractivity contribution in [2.75, 3.05) is 7.11 Å². The second-order valence-electron chi connectivity index (χ2n) is 4.47. The summed E-state index contributed by atoms with van der Waals surface area (Å²) >= 11 is 0. The van der Waals surface area contributed by atoms with Crippen LogP contribution < -0.4 is 4.74 Å². The number of fused-ring (bicyclic) bond motifs is 1. The molecule has 2 nitrogen and oxygen atoms in total. The van der Waals surface area contributed by atoms with E-state index in [0.717, 1.165) is 5.75 Å². The van der Waals surface area contributed by atoms with Crippen molar-refractivity contribution in [2.45, 2.75) is 37.4 Å². The summed E-state index contributed by atoms with van der Waals surface area (Å²) in [6, 6.07) is 8.34. The van der Waals surface area contributed by atoms with Crippen LogP contribution >= 0.6 is 0 Å². The van der Waals surface area contributed by atoms with Crippen LogP contribution in [-0.2, 0) is 10.3 Å². The molecule has 80 valence electrons. The van der Waals surface area contributed by atoms with Gasteiger partial charge in [0.25, 0.3) is 0 Å². The molecule has 2 unspecified atom stereocenters. The van der Waals surface area contributed by atoms with E-state index in [0.29, 0.717) is 6.10 Å². The van der Waals surface area contributed by atoms with Crippen LogP contribution in [0.5, 0.6) is 5.75 Å². The summed E-state index contributed by atoms with van der Waals surface area (Å²) in [4.78, 5) is 0. The molecule has 2 atom stereocenters. The molecule has 3 rings (SSSR count). The standard InChI is InChI=1S/C13H16O2/c1-14-11-7-5-10(6-8-11)13-9-3-2-4-12(13)15-13/h5-8,12H,2-4,9H2,1H3. The molecule has 1 saturated carbocycles. The van der Waals surface area contributed by atoms with E-state index in [-0.39, 0.29) is 5.60 Å². The summed E-state index contributed by atoms with van der Waals surface area (Å²) in [5.74, 6) is 0.920. The van der Waals surface area contributed by atoms with Gasteiger partial charge in [0.1, 0.15) is 11.4 Å². The van der Waals surface area contributed by atoms with Crippen LogP contribution in [-0.4, -0.2) is 13.2 Å². The summed E-state index contributed by atoms with van der Waals surface area (Å²) in [6.07, 6.45) is 5.51. The van der Waals surface area contributed by atoms with Crippen molar-refractivity contribution in [3.63, 3.8) is 0 Å². The van der Waals surface area contributed by atoms with Crippen molar-refractivity contribution in [1.29, 1.82) is 0 Å². The maximum Gasteiger partial charge on any atom is 0.120 e. The Labute approximate surface area is 90.2 Å². The summed E-state index contributed by atoms with van der Waals surface area (Å²) in [6.45, 7) is 0. The first-order valence-electron chi connectivity index (χ1n) is 5.67. The number of ether oxygens (including phenoxy) is 2. The fourth-order valence-electron chi connectivity index (χ4n) is 2.72. The van der Waals surface area contributed by atoms with E-state index in [4.69, 9.17) is 9.47 Å². The van der Waals surface area contributed by atoms with Crippen LogP contribution in [0.15, 0.2) is 24.3 Å². The predicted octanol–water partition coefficient (Wildman–Crippen LogP) is 2.86. The molecule has 1 aliphatic carbocycles. The first-order valence-corrected chi connectivity index (χ1v) is 5.67. The first kappa shape index (κ1) is 9.22. The van der Waals surface area contributed by atoms with Gasteiger partial charge in [0.05, 0.1) is 13.2 Å². The molecule has 1 aliphatic heterocycles. The lowest BCUT2D eigenvalue weighted by Crippen LogP contribution is -2.16. The van der Waals surface area contributed by atoms with E-state index in [9.17, 15) is 0 Å². The third kappa shape index (κ3) is 1.36. The van der Waals surface area contributed by atoms with E-state index < -0.39 is 0 Å². The van der Waals surface area contributed by atoms with Gasteiger partial charge in [-0.15, -0.1) is 0 Å². The summed E-state index contributed by atoms with van der Waals surface area (Å²) in [5.41, 5.74) is 1.40. The third-order valence-electron chi connectivity index (χ3n) is 3.66. The zero-order valence-corrected chi connectivity index (χ0v) is 9.03. The molecule has 2 aliphatic rings. The third-order valence-corrected chi connectivity index (χ3v) is 3.66. The van der Waals surface area contributed by atoms with Gasteiger partial charge < -0.3 is 9.47 Å². The molecular weight excluding hydrogens is 188 g/mol. The van der Waals surface area contributed by atoms with Crippen molar-refractivity contribution < 1.29 is 9.47 Å². The van der Waals surface area contributed by atoms with Gasteiger partial charge in [0, 0.05) is 0 Å². The smallest absolute Gasteiger partial charge is 0.120 e. The number of benzene rings is 1. The van der Waals surface area contributed by atoms with Crippen molar-refractivity contribution >= 4 is 0 Å². The van der Waals surface area contributed by atoms with Gasteiger partial charge in [-0.2, -0.15) is 0 Å². The molecule has 0 bridgehead atoms. The van der Waals surface area contributed by atoms with Crippen molar-refractivity contribution in [3.8, 4) is 5.75 Å². The first-order chi connectivity index (χ1) is 7.35. The molecular formula is C13H16O2. The lowest BCUT2D eigenvalue weighted by atomic mass is 9.84. The van der Waals surface area contributed by atoms with Gasteiger partial charge in [-0.1, -0.05) is 25.0 Å². The van der Waals surface area contributed by atoms with Crippen LogP contribution in [0, 0.1) is 0 Å². The molecule has 0 spiro atoms. The molecule has 0 N–H and O–H groups in total. The van der Waals surface area contributed by atoms with Gasteiger partial charge in [-0.05, 0) is 30.5 Å². The summed E-state index contributed by atoms with van der Waals surface area (Å²) in [7, 11) is 1.70. The van der Waals surface area contributed by atoms with Crippen LogP contribution in [0.25, 0.3) is 0 Å². The van der Waals surface area contributed by atoms with E-state index in [1.807, 2.05) is 12.1 Å². The Morgan fingerprint density at radius 3 is 2.73 bits per heavy atom. The Hall–Kier alpha value is -1.02. The van der Waals surface area contributed by atoms with Crippen LogP contribution in [0.3, 0.4) is 0 Å². The normalized spacial score (nSPS) is 33.3. The Morgan fingerprint density at radius 2 is 2.07 bits per heavy atom. The highest BCUT2D eigenvalue weighted by Gasteiger charge is 2.58. The molecule has 1 aromatic rings. The van der Waals surface area contributed by atoms with Crippen LogP contribution in [0.2, 0.25) is 0 Å². The van der Waals surface area contributed by atoms with E-state index >= 15 is 0 Å². The van der Waals surface area contributed by atoms with E-state index in [2.05, 4.69) is 12.1 Å². The molecule has 15 heavy (non-hydrogen) atoms. The minimum atomic E-state index is 0.0739. The second-order valence-corrected chi connectivity index (χ2v) is 4.47. The van der Waals surface area contributed by atoms with Gasteiger partial charge in [-0.3, -0.25) is 0 Å². The number of hydrogen-bond donors (Lipinski definition) is 0. The SMILES string of the molecule is COc1ccc(C23CCCCC2O3)cc1. The van der Waals surface area contributed by atoms with Gasteiger partial charge in [0.15, 0.2) is 0 Å². The largest absolute Gasteiger partial charge is 0.497 e. The minimum absolute atomic E-state index is 0.0739. The molecule has 2 fully saturated rings. The highest BCUT2D eigenvalue weighted by Crippen LogP contribution is 2.55. The van der Waals surface area contributed by atoms with Crippen molar-refractivity contribution in [1.82, 2.24) is 0 Å². The molecule has 0 aromatic heterocycles. The quantitative estimate of drug-likeness (QED) is 0.691. The zero-order chi connectivity index (χ0) is 10.3. The number of rotatable bonds is 2. The van der Waals surface area contributed by atoms with Crippen LogP contribution in [0.1, 0.15) is 31.2 Å². The zero-order valence-electron chi connectivity index (χ0n) is 9.03. The Kier molecular flexibility index (Phi) is 1.99. The Morgan fingerprint density at radius 1 is 1.27 bits per heavy atom. The number of methoxy groups -OCH3 is 1. The Balaban J connectivity index is 1.87. The fraction of sp³-hybridized carbons (Fsp3) is 0.538. The maximum atomic E-state index is 5.88. The molecule has 1 saturated heterocycles. The lowest BCUT2D eigenvalue weighted by Gasteiger charge is -2.17. The monoisotopic (exact) mass is 204 g/mol. The van der Waals surface area contributed by atoms with Gasteiger partial charge in [-0.25, -0.2) is 0 Å². The summed E-state index contributed by atoms with van der Waals surface area (Å²) < 4.78 is 11.0. The van der Waals surface area contributed by atoms with Gasteiger partial charge in [0.2, 0.25) is 0 Å². The minimum Gasteiger partial charge on any atom is -0.497 e. The fourth-order valence-corrected chi connectivity index (χ4v) is 2.72. The highest BCUT2D eigenvalue weighted by atomic mass is 16.6. The molecule has 0 radical (unpaired) electrons. The molecule has 0 amide bonds. The topological polar surface area (TPSA) is 21.8 Å². The molecule has 1 heterocycles. The van der Waals surface area contributed by atoms with E-state index in [1.165, 1.54) is 31.2 Å². The Bertz CT molecular complexity index is 357. The summed E-state index contributed by atoms with van der Waals surface area (Å²) in [5, 5.41) is 0. The molecule has 1 aromatic carbocycles. The number of hydrogen-bond acceptors (Lipinski definition) is 2. The molecule has 2 heteroatoms. The average molecular weight is 204 g/mol.